The number of carbonyl (C=O) groups is 1. The Labute approximate surface area is 183 Å². The molecule has 0 amide bonds. The Morgan fingerprint density at radius 1 is 1.50 bits per heavy atom. The fourth-order valence-electron chi connectivity index (χ4n) is 3.85. The van der Waals surface area contributed by atoms with E-state index in [9.17, 15) is 15.2 Å². The summed E-state index contributed by atoms with van der Waals surface area (Å²) in [5, 5.41) is 24.4. The maximum Gasteiger partial charge on any atom is 0.508 e. The Morgan fingerprint density at radius 3 is 3.00 bits per heavy atom. The van der Waals surface area contributed by atoms with Crippen LogP contribution in [-0.2, 0) is 23.7 Å². The second kappa shape index (κ2) is 8.51. The molecule has 0 aliphatic carbocycles. The van der Waals surface area contributed by atoms with Crippen LogP contribution in [0.3, 0.4) is 0 Å². The summed E-state index contributed by atoms with van der Waals surface area (Å²) in [7, 11) is 0. The first kappa shape index (κ1) is 22.2. The highest BCUT2D eigenvalue weighted by Crippen LogP contribution is 2.43. The molecule has 12 nitrogen and oxygen atoms in total. The van der Waals surface area contributed by atoms with Crippen LogP contribution in [-0.4, -0.2) is 69.3 Å². The van der Waals surface area contributed by atoms with Crippen LogP contribution >= 0.6 is 0 Å². The van der Waals surface area contributed by atoms with E-state index < -0.39 is 42.5 Å². The molecule has 0 saturated carbocycles. The van der Waals surface area contributed by atoms with Gasteiger partial charge in [0.25, 0.3) is 0 Å². The van der Waals surface area contributed by atoms with Crippen LogP contribution < -0.4 is 5.73 Å². The zero-order valence-electron chi connectivity index (χ0n) is 17.8. The Balaban J connectivity index is 1.56. The van der Waals surface area contributed by atoms with E-state index in [4.69, 9.17) is 29.4 Å². The zero-order chi connectivity index (χ0) is 22.9. The number of aromatic nitrogens is 3. The summed E-state index contributed by atoms with van der Waals surface area (Å²) in [6.07, 6.45) is -0.798. The molecule has 12 heteroatoms. The monoisotopic (exact) mass is 447 g/mol. The third-order valence-electron chi connectivity index (χ3n) is 5.32. The van der Waals surface area contributed by atoms with Gasteiger partial charge >= 0.3 is 6.16 Å². The van der Waals surface area contributed by atoms with Crippen LogP contribution in [0.25, 0.3) is 5.52 Å². The van der Waals surface area contributed by atoms with E-state index in [-0.39, 0.29) is 6.42 Å². The van der Waals surface area contributed by atoms with Crippen molar-refractivity contribution in [2.75, 3.05) is 25.6 Å². The van der Waals surface area contributed by atoms with Crippen molar-refractivity contribution in [1.82, 2.24) is 14.6 Å². The zero-order valence-corrected chi connectivity index (χ0v) is 17.8. The lowest BCUT2D eigenvalue weighted by molar-refractivity contribution is -0.228. The lowest BCUT2D eigenvalue weighted by atomic mass is 9.97. The lowest BCUT2D eigenvalue weighted by Crippen LogP contribution is -2.48. The van der Waals surface area contributed by atoms with E-state index in [1.165, 1.54) is 20.2 Å². The van der Waals surface area contributed by atoms with Gasteiger partial charge < -0.3 is 34.5 Å². The number of fused-ring (bicyclic) bond motifs is 1. The highest BCUT2D eigenvalue weighted by atomic mass is 16.7. The number of ether oxygens (including phenoxy) is 5. The summed E-state index contributed by atoms with van der Waals surface area (Å²) in [5.41, 5.74) is 5.42. The number of hydrogen-bond acceptors (Lipinski definition) is 11. The van der Waals surface area contributed by atoms with Crippen molar-refractivity contribution in [2.24, 2.45) is 0 Å². The van der Waals surface area contributed by atoms with Gasteiger partial charge in [-0.1, -0.05) is 0 Å². The molecule has 0 aromatic carbocycles. The molecule has 172 valence electrons. The number of hydrogen-bond donors (Lipinski definition) is 2. The van der Waals surface area contributed by atoms with Crippen molar-refractivity contribution in [3.63, 3.8) is 0 Å². The van der Waals surface area contributed by atoms with Crippen LogP contribution in [0.15, 0.2) is 18.5 Å². The van der Waals surface area contributed by atoms with Gasteiger partial charge in [-0.05, 0) is 26.0 Å². The standard InChI is InChI=1S/C20H25N5O7/c1-19(2,27)32-16-7-15(13-3-4-14-17(22)23-11-24-25(13)14)31-20(16,9-21)10-29-18(26)30-12-5-6-28-8-12/h3-4,11-12,15-16,27H,5-8,10H2,1-2H3,(H2,22,23,24)/t12-,15+,16-,20+/m0/s1. The molecular weight excluding hydrogens is 422 g/mol. The summed E-state index contributed by atoms with van der Waals surface area (Å²) < 4.78 is 29.0. The summed E-state index contributed by atoms with van der Waals surface area (Å²) in [4.78, 5) is 16.1. The molecule has 0 radical (unpaired) electrons. The molecule has 2 aromatic heterocycles. The summed E-state index contributed by atoms with van der Waals surface area (Å²) >= 11 is 0. The molecule has 4 atom stereocenters. The number of nitrogen functional groups attached to an aromatic ring is 1. The molecule has 32 heavy (non-hydrogen) atoms. The Hall–Kier alpha value is -2.98. The van der Waals surface area contributed by atoms with Crippen molar-refractivity contribution in [1.29, 1.82) is 5.26 Å². The minimum Gasteiger partial charge on any atom is -0.430 e. The van der Waals surface area contributed by atoms with Gasteiger partial charge in [-0.2, -0.15) is 10.4 Å². The second-order valence-corrected chi connectivity index (χ2v) is 8.24. The fourth-order valence-corrected chi connectivity index (χ4v) is 3.85. The molecular formula is C20H25N5O7. The molecule has 4 heterocycles. The van der Waals surface area contributed by atoms with E-state index in [0.717, 1.165) is 0 Å². The van der Waals surface area contributed by atoms with E-state index >= 15 is 0 Å². The lowest BCUT2D eigenvalue weighted by Gasteiger charge is -2.31. The van der Waals surface area contributed by atoms with Gasteiger partial charge in [0.1, 0.15) is 42.8 Å². The quantitative estimate of drug-likeness (QED) is 0.481. The van der Waals surface area contributed by atoms with Gasteiger partial charge in [0.2, 0.25) is 5.60 Å². The van der Waals surface area contributed by atoms with E-state index in [0.29, 0.717) is 36.7 Å². The average molecular weight is 447 g/mol. The molecule has 2 aromatic rings. The van der Waals surface area contributed by atoms with Gasteiger partial charge in [-0.25, -0.2) is 14.3 Å². The van der Waals surface area contributed by atoms with Crippen LogP contribution in [0, 0.1) is 11.3 Å². The van der Waals surface area contributed by atoms with Gasteiger partial charge in [0.05, 0.1) is 18.9 Å². The normalized spacial score (nSPS) is 28.0. The van der Waals surface area contributed by atoms with Crippen LogP contribution in [0.4, 0.5) is 10.6 Å². The minimum absolute atomic E-state index is 0.197. The first-order valence-corrected chi connectivity index (χ1v) is 10.2. The maximum absolute atomic E-state index is 12.1. The number of carbonyl (C=O) groups excluding carboxylic acids is 1. The highest BCUT2D eigenvalue weighted by Gasteiger charge is 2.54. The van der Waals surface area contributed by atoms with Crippen molar-refractivity contribution in [2.45, 2.75) is 56.4 Å². The second-order valence-electron chi connectivity index (χ2n) is 8.24. The number of nitriles is 1. The van der Waals surface area contributed by atoms with Gasteiger partial charge in [0, 0.05) is 12.8 Å². The van der Waals surface area contributed by atoms with Crippen molar-refractivity contribution in [3.05, 3.63) is 24.2 Å². The number of rotatable bonds is 6. The van der Waals surface area contributed by atoms with Gasteiger partial charge in [-0.15, -0.1) is 0 Å². The summed E-state index contributed by atoms with van der Waals surface area (Å²) in [5.74, 6) is -1.26. The molecule has 0 unspecified atom stereocenters. The van der Waals surface area contributed by atoms with E-state index in [1.54, 1.807) is 16.6 Å². The Kier molecular flexibility index (Phi) is 5.91. The summed E-state index contributed by atoms with van der Waals surface area (Å²) in [6.45, 7) is 3.24. The first-order valence-electron chi connectivity index (χ1n) is 10.2. The molecule has 0 bridgehead atoms. The van der Waals surface area contributed by atoms with Gasteiger partial charge in [-0.3, -0.25) is 0 Å². The molecule has 2 saturated heterocycles. The van der Waals surface area contributed by atoms with Gasteiger partial charge in [0.15, 0.2) is 11.6 Å². The Bertz CT molecular complexity index is 1020. The predicted octanol–water partition coefficient (Wildman–Crippen LogP) is 1.09. The number of nitrogens with zero attached hydrogens (tertiary/aromatic N) is 4. The topological polar surface area (TPSA) is 163 Å². The first-order chi connectivity index (χ1) is 15.2. The fraction of sp³-hybridized carbons (Fsp3) is 0.600. The number of anilines is 1. The molecule has 2 aliphatic rings. The summed E-state index contributed by atoms with van der Waals surface area (Å²) in [6, 6.07) is 5.57. The van der Waals surface area contributed by atoms with E-state index in [1.807, 2.05) is 0 Å². The number of aliphatic hydroxyl groups is 1. The van der Waals surface area contributed by atoms with Crippen molar-refractivity contribution in [3.8, 4) is 6.07 Å². The largest absolute Gasteiger partial charge is 0.508 e. The SMILES string of the molecule is CC(C)(O)O[C@H]1C[C@H](c2ccc3c(N)ncnn23)O[C@]1(C#N)COC(=O)O[C@H]1CCOC1. The third kappa shape index (κ3) is 4.46. The predicted molar refractivity (Wildman–Crippen MR) is 107 cm³/mol. The average Bonchev–Trinajstić information content (AvgIpc) is 3.45. The molecule has 4 rings (SSSR count). The molecule has 2 fully saturated rings. The van der Waals surface area contributed by atoms with Crippen LogP contribution in [0.5, 0.6) is 0 Å². The third-order valence-corrected chi connectivity index (χ3v) is 5.32. The Morgan fingerprint density at radius 2 is 2.31 bits per heavy atom. The smallest absolute Gasteiger partial charge is 0.430 e. The van der Waals surface area contributed by atoms with E-state index in [2.05, 4.69) is 16.2 Å². The maximum atomic E-state index is 12.1. The van der Waals surface area contributed by atoms with Crippen molar-refractivity contribution < 1.29 is 33.6 Å². The minimum atomic E-state index is -1.68. The molecule has 3 N–H and O–H groups in total. The number of nitrogens with two attached hydrogens (primary N) is 1. The molecule has 2 aliphatic heterocycles. The highest BCUT2D eigenvalue weighted by molar-refractivity contribution is 5.65. The van der Waals surface area contributed by atoms with Crippen LogP contribution in [0.1, 0.15) is 38.5 Å². The molecule has 0 spiro atoms. The van der Waals surface area contributed by atoms with Crippen molar-refractivity contribution >= 4 is 17.5 Å². The van der Waals surface area contributed by atoms with Crippen LogP contribution in [0.2, 0.25) is 0 Å².